The number of urea groups is 1. The molecule has 1 aliphatic heterocycles. The van der Waals surface area contributed by atoms with Gasteiger partial charge in [-0.15, -0.1) is 0 Å². The maximum atomic E-state index is 12.3. The van der Waals surface area contributed by atoms with Gasteiger partial charge in [0.2, 0.25) is 0 Å². The molecule has 0 atom stereocenters. The quantitative estimate of drug-likeness (QED) is 0.809. The Morgan fingerprint density at radius 3 is 2.37 bits per heavy atom. The number of piperidine rings is 1. The smallest absolute Gasteiger partial charge is 0.323 e. The highest BCUT2D eigenvalue weighted by Crippen LogP contribution is 2.30. The SMILES string of the molecule is COC1CCN(C(=O)N(CC(=O)O)CC2CC2)CC1. The highest BCUT2D eigenvalue weighted by atomic mass is 16.5. The van der Waals surface area contributed by atoms with Crippen LogP contribution in [0.15, 0.2) is 0 Å². The number of ether oxygens (including phenoxy) is 1. The molecule has 1 saturated carbocycles. The van der Waals surface area contributed by atoms with E-state index in [4.69, 9.17) is 9.84 Å². The average molecular weight is 270 g/mol. The molecule has 2 aliphatic rings. The fourth-order valence-corrected chi connectivity index (χ4v) is 2.47. The summed E-state index contributed by atoms with van der Waals surface area (Å²) < 4.78 is 5.27. The van der Waals surface area contributed by atoms with Crippen LogP contribution < -0.4 is 0 Å². The van der Waals surface area contributed by atoms with E-state index in [9.17, 15) is 9.59 Å². The summed E-state index contributed by atoms with van der Waals surface area (Å²) in [7, 11) is 1.69. The van der Waals surface area contributed by atoms with Crippen LogP contribution in [-0.2, 0) is 9.53 Å². The second kappa shape index (κ2) is 6.23. The first-order valence-corrected chi connectivity index (χ1v) is 6.88. The van der Waals surface area contributed by atoms with E-state index in [-0.39, 0.29) is 18.7 Å². The van der Waals surface area contributed by atoms with Crippen molar-refractivity contribution < 1.29 is 19.4 Å². The third kappa shape index (κ3) is 4.09. The first-order valence-electron chi connectivity index (χ1n) is 6.88. The number of carbonyl (C=O) groups is 2. The predicted molar refractivity (Wildman–Crippen MR) is 68.9 cm³/mol. The van der Waals surface area contributed by atoms with Gasteiger partial charge in [0.25, 0.3) is 0 Å². The Morgan fingerprint density at radius 2 is 1.89 bits per heavy atom. The van der Waals surface area contributed by atoms with Crippen LogP contribution in [0.5, 0.6) is 0 Å². The van der Waals surface area contributed by atoms with E-state index in [2.05, 4.69) is 0 Å². The Balaban J connectivity index is 1.88. The number of carbonyl (C=O) groups excluding carboxylic acids is 1. The molecule has 6 heteroatoms. The Kier molecular flexibility index (Phi) is 4.63. The zero-order valence-electron chi connectivity index (χ0n) is 11.4. The van der Waals surface area contributed by atoms with Gasteiger partial charge in [0, 0.05) is 26.7 Å². The van der Waals surface area contributed by atoms with E-state index < -0.39 is 5.97 Å². The van der Waals surface area contributed by atoms with Crippen molar-refractivity contribution in [3.05, 3.63) is 0 Å². The molecule has 2 rings (SSSR count). The predicted octanol–water partition coefficient (Wildman–Crippen LogP) is 1.01. The van der Waals surface area contributed by atoms with Crippen LogP contribution in [0.1, 0.15) is 25.7 Å². The van der Waals surface area contributed by atoms with E-state index in [1.54, 1.807) is 12.0 Å². The summed E-state index contributed by atoms with van der Waals surface area (Å²) in [4.78, 5) is 26.4. The van der Waals surface area contributed by atoms with Crippen molar-refractivity contribution in [3.63, 3.8) is 0 Å². The van der Waals surface area contributed by atoms with Crippen molar-refractivity contribution in [1.29, 1.82) is 0 Å². The summed E-state index contributed by atoms with van der Waals surface area (Å²) in [5, 5.41) is 8.91. The molecular formula is C13H22N2O4. The zero-order valence-corrected chi connectivity index (χ0v) is 11.4. The van der Waals surface area contributed by atoms with Gasteiger partial charge in [-0.2, -0.15) is 0 Å². The van der Waals surface area contributed by atoms with Gasteiger partial charge in [-0.1, -0.05) is 0 Å². The molecule has 1 N–H and O–H groups in total. The van der Waals surface area contributed by atoms with Crippen LogP contribution in [-0.4, -0.2) is 66.3 Å². The van der Waals surface area contributed by atoms with E-state index in [1.807, 2.05) is 0 Å². The lowest BCUT2D eigenvalue weighted by molar-refractivity contribution is -0.137. The standard InChI is InChI=1S/C13H22N2O4/c1-19-11-4-6-14(7-5-11)13(18)15(9-12(16)17)8-10-2-3-10/h10-11H,2-9H2,1H3,(H,16,17). The van der Waals surface area contributed by atoms with Crippen LogP contribution in [0.2, 0.25) is 0 Å². The molecule has 1 saturated heterocycles. The number of hydrogen-bond acceptors (Lipinski definition) is 3. The lowest BCUT2D eigenvalue weighted by Gasteiger charge is -2.35. The Labute approximate surface area is 113 Å². The number of hydrogen-bond donors (Lipinski definition) is 1. The van der Waals surface area contributed by atoms with Crippen LogP contribution in [0.3, 0.4) is 0 Å². The number of carboxylic acids is 1. The maximum Gasteiger partial charge on any atom is 0.323 e. The van der Waals surface area contributed by atoms with Gasteiger partial charge in [0.1, 0.15) is 6.54 Å². The second-order valence-corrected chi connectivity index (χ2v) is 5.42. The summed E-state index contributed by atoms with van der Waals surface area (Å²) in [5.41, 5.74) is 0. The third-order valence-corrected chi connectivity index (χ3v) is 3.82. The van der Waals surface area contributed by atoms with Crippen LogP contribution >= 0.6 is 0 Å². The average Bonchev–Trinajstić information content (AvgIpc) is 3.21. The molecule has 0 unspecified atom stereocenters. The zero-order chi connectivity index (χ0) is 13.8. The largest absolute Gasteiger partial charge is 0.480 e. The van der Waals surface area contributed by atoms with Gasteiger partial charge in [-0.3, -0.25) is 4.79 Å². The fraction of sp³-hybridized carbons (Fsp3) is 0.846. The van der Waals surface area contributed by atoms with E-state index in [0.29, 0.717) is 25.6 Å². The van der Waals surface area contributed by atoms with Crippen molar-refractivity contribution in [2.45, 2.75) is 31.8 Å². The van der Waals surface area contributed by atoms with Gasteiger partial charge < -0.3 is 19.6 Å². The molecule has 0 aromatic heterocycles. The van der Waals surface area contributed by atoms with Crippen molar-refractivity contribution in [2.24, 2.45) is 5.92 Å². The second-order valence-electron chi connectivity index (χ2n) is 5.42. The highest BCUT2D eigenvalue weighted by molar-refractivity contribution is 5.80. The molecule has 19 heavy (non-hydrogen) atoms. The lowest BCUT2D eigenvalue weighted by Crippen LogP contribution is -2.49. The molecule has 0 spiro atoms. The Hall–Kier alpha value is -1.30. The van der Waals surface area contributed by atoms with Crippen molar-refractivity contribution in [2.75, 3.05) is 33.3 Å². The number of rotatable bonds is 5. The molecule has 0 bridgehead atoms. The molecule has 6 nitrogen and oxygen atoms in total. The van der Waals surface area contributed by atoms with Gasteiger partial charge >= 0.3 is 12.0 Å². The Morgan fingerprint density at radius 1 is 1.26 bits per heavy atom. The van der Waals surface area contributed by atoms with E-state index >= 15 is 0 Å². The maximum absolute atomic E-state index is 12.3. The number of likely N-dealkylation sites (tertiary alicyclic amines) is 1. The van der Waals surface area contributed by atoms with Gasteiger partial charge in [0.15, 0.2) is 0 Å². The summed E-state index contributed by atoms with van der Waals surface area (Å²) in [6.45, 7) is 1.69. The van der Waals surface area contributed by atoms with Crippen molar-refractivity contribution >= 4 is 12.0 Å². The van der Waals surface area contributed by atoms with E-state index in [0.717, 1.165) is 25.7 Å². The fourth-order valence-electron chi connectivity index (χ4n) is 2.47. The number of nitrogens with zero attached hydrogens (tertiary/aromatic N) is 2. The van der Waals surface area contributed by atoms with Crippen LogP contribution in [0.25, 0.3) is 0 Å². The lowest BCUT2D eigenvalue weighted by atomic mass is 10.1. The molecule has 2 fully saturated rings. The third-order valence-electron chi connectivity index (χ3n) is 3.82. The molecule has 1 heterocycles. The van der Waals surface area contributed by atoms with Crippen LogP contribution in [0, 0.1) is 5.92 Å². The first kappa shape index (κ1) is 14.1. The number of carboxylic acid groups (broad SMARTS) is 1. The Bertz CT molecular complexity index is 336. The summed E-state index contributed by atoms with van der Waals surface area (Å²) in [6, 6.07) is -0.135. The van der Waals surface area contributed by atoms with Crippen LogP contribution in [0.4, 0.5) is 4.79 Å². The molecule has 2 amide bonds. The van der Waals surface area contributed by atoms with Gasteiger partial charge in [-0.05, 0) is 31.6 Å². The summed E-state index contributed by atoms with van der Waals surface area (Å²) >= 11 is 0. The molecule has 0 aromatic carbocycles. The normalized spacial score (nSPS) is 20.4. The number of methoxy groups -OCH3 is 1. The van der Waals surface area contributed by atoms with Gasteiger partial charge in [-0.25, -0.2) is 4.79 Å². The number of aliphatic carboxylic acids is 1. The number of amides is 2. The minimum Gasteiger partial charge on any atom is -0.480 e. The minimum absolute atomic E-state index is 0.135. The topological polar surface area (TPSA) is 70.1 Å². The monoisotopic (exact) mass is 270 g/mol. The molecule has 0 aromatic rings. The first-order chi connectivity index (χ1) is 9.10. The van der Waals surface area contributed by atoms with Crippen molar-refractivity contribution in [1.82, 2.24) is 9.80 Å². The van der Waals surface area contributed by atoms with Crippen molar-refractivity contribution in [3.8, 4) is 0 Å². The molecule has 108 valence electrons. The summed E-state index contributed by atoms with van der Waals surface area (Å²) in [5.74, 6) is -0.444. The molecular weight excluding hydrogens is 248 g/mol. The van der Waals surface area contributed by atoms with Gasteiger partial charge in [0.05, 0.1) is 6.10 Å². The molecule has 1 aliphatic carbocycles. The molecule has 0 radical (unpaired) electrons. The minimum atomic E-state index is -0.944. The van der Waals surface area contributed by atoms with E-state index in [1.165, 1.54) is 4.90 Å². The highest BCUT2D eigenvalue weighted by Gasteiger charge is 2.31. The summed E-state index contributed by atoms with van der Waals surface area (Å²) in [6.07, 6.45) is 4.09.